The van der Waals surface area contributed by atoms with Gasteiger partial charge in [-0.15, -0.1) is 0 Å². The van der Waals surface area contributed by atoms with Crippen molar-refractivity contribution < 1.29 is 26.6 Å². The average molecular weight is 374 g/mol. The maximum atomic E-state index is 12.6. The monoisotopic (exact) mass is 374 g/mol. The molecule has 1 fully saturated rings. The van der Waals surface area contributed by atoms with Gasteiger partial charge in [-0.3, -0.25) is 10.1 Å². The molecular formula is C13H12F2N4O5S. The molecule has 2 aromatic rings. The molecule has 0 atom stereocenters. The largest absolute Gasteiger partial charge is 0.371 e. The zero-order valence-corrected chi connectivity index (χ0v) is 13.4. The van der Waals surface area contributed by atoms with Crippen molar-refractivity contribution in [3.05, 3.63) is 40.0 Å². The Labute approximate surface area is 140 Å². The van der Waals surface area contributed by atoms with Crippen LogP contribution in [0.2, 0.25) is 0 Å². The number of rotatable bonds is 7. The number of nitrogens with zero attached hydrogens (tertiary/aromatic N) is 3. The maximum Gasteiger partial charge on any atom is 0.341 e. The van der Waals surface area contributed by atoms with Crippen molar-refractivity contribution in [3.8, 4) is 0 Å². The van der Waals surface area contributed by atoms with Gasteiger partial charge in [-0.05, 0) is 25.0 Å². The number of hydrogen-bond acceptors (Lipinski definition) is 8. The third-order valence-corrected chi connectivity index (χ3v) is 4.97. The number of nitro benzene ring substituents is 1. The van der Waals surface area contributed by atoms with Crippen molar-refractivity contribution in [2.24, 2.45) is 0 Å². The molecule has 0 radical (unpaired) electrons. The van der Waals surface area contributed by atoms with Gasteiger partial charge in [0.05, 0.1) is 16.4 Å². The van der Waals surface area contributed by atoms with Crippen molar-refractivity contribution >= 4 is 21.2 Å². The zero-order chi connectivity index (χ0) is 18.2. The van der Waals surface area contributed by atoms with Gasteiger partial charge in [-0.1, -0.05) is 5.16 Å². The second-order valence-electron chi connectivity index (χ2n) is 5.42. The van der Waals surface area contributed by atoms with Crippen LogP contribution in [0.25, 0.3) is 0 Å². The lowest BCUT2D eigenvalue weighted by Gasteiger charge is -2.07. The van der Waals surface area contributed by atoms with Gasteiger partial charge in [0.1, 0.15) is 5.69 Å². The number of anilines is 1. The van der Waals surface area contributed by atoms with Crippen LogP contribution in [0.4, 0.5) is 20.2 Å². The number of halogens is 2. The molecule has 134 valence electrons. The van der Waals surface area contributed by atoms with Crippen LogP contribution < -0.4 is 5.32 Å². The molecule has 25 heavy (non-hydrogen) atoms. The van der Waals surface area contributed by atoms with Crippen LogP contribution in [-0.2, 0) is 16.4 Å². The van der Waals surface area contributed by atoms with E-state index in [1.807, 2.05) is 0 Å². The Morgan fingerprint density at radius 2 is 2.12 bits per heavy atom. The van der Waals surface area contributed by atoms with Crippen LogP contribution in [0.3, 0.4) is 0 Å². The average Bonchev–Trinajstić information content (AvgIpc) is 3.31. The van der Waals surface area contributed by atoms with E-state index < -0.39 is 31.1 Å². The summed E-state index contributed by atoms with van der Waals surface area (Å²) in [4.78, 5) is 13.6. The lowest BCUT2D eigenvalue weighted by molar-refractivity contribution is -0.384. The zero-order valence-electron chi connectivity index (χ0n) is 12.6. The Hall–Kier alpha value is -2.63. The third-order valence-electron chi connectivity index (χ3n) is 3.59. The van der Waals surface area contributed by atoms with Gasteiger partial charge in [-0.2, -0.15) is 13.8 Å². The van der Waals surface area contributed by atoms with Gasteiger partial charge in [-0.25, -0.2) is 8.42 Å². The lowest BCUT2D eigenvalue weighted by atomic mass is 10.2. The molecule has 0 saturated heterocycles. The first-order valence-electron chi connectivity index (χ1n) is 7.16. The van der Waals surface area contributed by atoms with E-state index in [4.69, 9.17) is 4.52 Å². The Balaban J connectivity index is 1.81. The summed E-state index contributed by atoms with van der Waals surface area (Å²) in [5, 5.41) is 17.6. The third kappa shape index (κ3) is 3.57. The van der Waals surface area contributed by atoms with Gasteiger partial charge in [0, 0.05) is 12.0 Å². The topological polar surface area (TPSA) is 128 Å². The number of benzene rings is 1. The van der Waals surface area contributed by atoms with Gasteiger partial charge >= 0.3 is 5.76 Å². The molecule has 9 nitrogen and oxygen atoms in total. The van der Waals surface area contributed by atoms with E-state index >= 15 is 0 Å². The molecule has 12 heteroatoms. The smallest absolute Gasteiger partial charge is 0.341 e. The van der Waals surface area contributed by atoms with Crippen LogP contribution in [0.1, 0.15) is 30.5 Å². The molecule has 1 aromatic carbocycles. The van der Waals surface area contributed by atoms with E-state index in [-0.39, 0.29) is 24.0 Å². The molecule has 0 aliphatic heterocycles. The van der Waals surface area contributed by atoms with E-state index in [1.165, 1.54) is 0 Å². The lowest BCUT2D eigenvalue weighted by Crippen LogP contribution is -2.12. The second kappa shape index (κ2) is 6.35. The van der Waals surface area contributed by atoms with Gasteiger partial charge in [0.25, 0.3) is 5.69 Å². The van der Waals surface area contributed by atoms with E-state index in [0.29, 0.717) is 11.9 Å². The quantitative estimate of drug-likeness (QED) is 0.578. The minimum atomic E-state index is -4.92. The van der Waals surface area contributed by atoms with Crippen molar-refractivity contribution in [2.45, 2.75) is 36.0 Å². The molecule has 0 bridgehead atoms. The summed E-state index contributed by atoms with van der Waals surface area (Å²) in [7, 11) is -4.92. The van der Waals surface area contributed by atoms with Crippen LogP contribution in [0.15, 0.2) is 27.6 Å². The molecule has 1 aliphatic rings. The summed E-state index contributed by atoms with van der Waals surface area (Å²) in [5.74, 6) is -2.60. The Morgan fingerprint density at radius 1 is 1.40 bits per heavy atom. The number of hydrogen-bond donors (Lipinski definition) is 1. The summed E-state index contributed by atoms with van der Waals surface area (Å²) in [5.41, 5.74) is -0.701. The highest BCUT2D eigenvalue weighted by Crippen LogP contribution is 2.38. The highest BCUT2D eigenvalue weighted by molar-refractivity contribution is 7.91. The highest BCUT2D eigenvalue weighted by Gasteiger charge is 2.30. The number of sulfone groups is 1. The summed E-state index contributed by atoms with van der Waals surface area (Å²) in [6.45, 7) is -0.0263. The second-order valence-corrected chi connectivity index (χ2v) is 7.33. The van der Waals surface area contributed by atoms with Crippen LogP contribution >= 0.6 is 0 Å². The SMILES string of the molecule is O=[N+]([O-])c1cc(S(=O)(=O)C(F)F)ccc1NCc1nc(C2CC2)no1. The van der Waals surface area contributed by atoms with Gasteiger partial charge in [0.2, 0.25) is 15.7 Å². The highest BCUT2D eigenvalue weighted by atomic mass is 32.2. The summed E-state index contributed by atoms with van der Waals surface area (Å²) < 4.78 is 53.0. The Morgan fingerprint density at radius 3 is 2.72 bits per heavy atom. The molecule has 0 spiro atoms. The minimum absolute atomic E-state index is 0.0263. The molecule has 1 N–H and O–H groups in total. The van der Waals surface area contributed by atoms with Crippen molar-refractivity contribution in [2.75, 3.05) is 5.32 Å². The minimum Gasteiger partial charge on any atom is -0.371 e. The molecule has 1 heterocycles. The van der Waals surface area contributed by atoms with Gasteiger partial charge in [0.15, 0.2) is 5.82 Å². The molecular weight excluding hydrogens is 362 g/mol. The fraction of sp³-hybridized carbons (Fsp3) is 0.385. The molecule has 1 aromatic heterocycles. The van der Waals surface area contributed by atoms with E-state index in [1.54, 1.807) is 0 Å². The first kappa shape index (κ1) is 17.2. The standard InChI is InChI=1S/C13H12F2N4O5S/c14-13(15)25(22,23)8-3-4-9(10(5-8)19(20)21)16-6-11-17-12(18-24-11)7-1-2-7/h3-5,7,13,16H,1-2,6H2. The van der Waals surface area contributed by atoms with Crippen molar-refractivity contribution in [3.63, 3.8) is 0 Å². The normalized spacial score (nSPS) is 14.7. The number of nitro groups is 1. The number of nitrogens with one attached hydrogen (secondary N) is 1. The Bertz CT molecular complexity index is 911. The molecule has 1 saturated carbocycles. The Kier molecular flexibility index (Phi) is 4.37. The van der Waals surface area contributed by atoms with Crippen molar-refractivity contribution in [1.29, 1.82) is 0 Å². The van der Waals surface area contributed by atoms with E-state index in [9.17, 15) is 27.3 Å². The fourth-order valence-corrected chi connectivity index (χ4v) is 2.85. The van der Waals surface area contributed by atoms with Crippen LogP contribution in [0.5, 0.6) is 0 Å². The van der Waals surface area contributed by atoms with Gasteiger partial charge < -0.3 is 9.84 Å². The summed E-state index contributed by atoms with van der Waals surface area (Å²) in [6.07, 6.45) is 1.97. The van der Waals surface area contributed by atoms with E-state index in [2.05, 4.69) is 15.5 Å². The van der Waals surface area contributed by atoms with Crippen LogP contribution in [0, 0.1) is 10.1 Å². The van der Waals surface area contributed by atoms with E-state index in [0.717, 1.165) is 25.0 Å². The molecule has 1 aliphatic carbocycles. The first-order chi connectivity index (χ1) is 11.8. The van der Waals surface area contributed by atoms with Crippen LogP contribution in [-0.4, -0.2) is 29.2 Å². The van der Waals surface area contributed by atoms with Crippen molar-refractivity contribution in [1.82, 2.24) is 10.1 Å². The molecule has 0 unspecified atom stereocenters. The maximum absolute atomic E-state index is 12.6. The predicted molar refractivity (Wildman–Crippen MR) is 79.9 cm³/mol. The summed E-state index contributed by atoms with van der Waals surface area (Å²) >= 11 is 0. The number of aromatic nitrogens is 2. The fourth-order valence-electron chi connectivity index (χ4n) is 2.11. The number of alkyl halides is 2. The predicted octanol–water partition coefficient (Wildman–Crippen LogP) is 2.46. The molecule has 3 rings (SSSR count). The summed E-state index contributed by atoms with van der Waals surface area (Å²) in [6, 6.07) is 2.51. The molecule has 0 amide bonds. The first-order valence-corrected chi connectivity index (χ1v) is 8.70.